The minimum absolute atomic E-state index is 1.22. The molecule has 0 N–H and O–H groups in total. The summed E-state index contributed by atoms with van der Waals surface area (Å²) >= 11 is 0. The molecule has 0 saturated carbocycles. The molecule has 0 atom stereocenters. The number of nitrogens with zero attached hydrogens (tertiary/aromatic N) is 1. The maximum Gasteiger partial charge on any atom is 0.0488 e. The van der Waals surface area contributed by atoms with Crippen molar-refractivity contribution in [2.45, 2.75) is 6.92 Å². The summed E-state index contributed by atoms with van der Waals surface area (Å²) in [6.07, 6.45) is 0. The normalized spacial score (nSPS) is 11.3. The fourth-order valence-electron chi connectivity index (χ4n) is 4.19. The van der Waals surface area contributed by atoms with E-state index in [1.807, 2.05) is 0 Å². The number of aryl methyl sites for hydroxylation is 2. The van der Waals surface area contributed by atoms with Crippen molar-refractivity contribution < 1.29 is 0 Å². The summed E-state index contributed by atoms with van der Waals surface area (Å²) < 4.78 is 2.32. The molecule has 4 aromatic carbocycles. The maximum absolute atomic E-state index is 2.32. The molecule has 0 saturated heterocycles. The largest absolute Gasteiger partial charge is 0.344 e. The minimum atomic E-state index is 1.22. The van der Waals surface area contributed by atoms with Gasteiger partial charge in [0.05, 0.1) is 0 Å². The number of benzene rings is 4. The van der Waals surface area contributed by atoms with Crippen molar-refractivity contribution in [3.8, 4) is 0 Å². The Balaban J connectivity index is 2.30. The van der Waals surface area contributed by atoms with Crippen LogP contribution < -0.4 is 0 Å². The Morgan fingerprint density at radius 3 is 1.56 bits per heavy atom. The summed E-state index contributed by atoms with van der Waals surface area (Å²) in [6, 6.07) is 33.0. The molecule has 0 aliphatic rings. The average molecular weight is 347 g/mol. The first-order valence-electron chi connectivity index (χ1n) is 9.36. The number of para-hydroxylation sites is 1. The van der Waals surface area contributed by atoms with Gasteiger partial charge >= 0.3 is 0 Å². The lowest BCUT2D eigenvalue weighted by atomic mass is 10.0. The van der Waals surface area contributed by atoms with Crippen LogP contribution in [0.15, 0.2) is 91.0 Å². The van der Waals surface area contributed by atoms with Crippen molar-refractivity contribution >= 4 is 43.4 Å². The van der Waals surface area contributed by atoms with E-state index in [0.717, 1.165) is 0 Å². The predicted octanol–water partition coefficient (Wildman–Crippen LogP) is 7.07. The Hall–Kier alpha value is -3.32. The van der Waals surface area contributed by atoms with E-state index >= 15 is 0 Å². The van der Waals surface area contributed by atoms with Crippen LogP contribution in [0.2, 0.25) is 0 Å². The van der Waals surface area contributed by atoms with E-state index in [0.29, 0.717) is 0 Å². The van der Waals surface area contributed by atoms with Crippen molar-refractivity contribution in [3.05, 3.63) is 96.6 Å². The van der Waals surface area contributed by atoms with E-state index in [9.17, 15) is 0 Å². The summed E-state index contributed by atoms with van der Waals surface area (Å²) in [5, 5.41) is 7.66. The second kappa shape index (κ2) is 6.14. The Morgan fingerprint density at radius 1 is 0.481 bits per heavy atom. The molecular weight excluding hydrogens is 326 g/mol. The van der Waals surface area contributed by atoms with E-state index in [1.54, 1.807) is 0 Å². The van der Waals surface area contributed by atoms with E-state index < -0.39 is 0 Å². The lowest BCUT2D eigenvalue weighted by molar-refractivity contribution is 1.01. The summed E-state index contributed by atoms with van der Waals surface area (Å²) in [7, 11) is 2.17. The van der Waals surface area contributed by atoms with Crippen LogP contribution in [-0.2, 0) is 7.05 Å². The van der Waals surface area contributed by atoms with Crippen LogP contribution in [0.3, 0.4) is 0 Å². The van der Waals surface area contributed by atoms with Gasteiger partial charge in [0.2, 0.25) is 0 Å². The smallest absolute Gasteiger partial charge is 0.0488 e. The van der Waals surface area contributed by atoms with Crippen LogP contribution in [0.1, 0.15) is 5.56 Å². The second-order valence-corrected chi connectivity index (χ2v) is 7.19. The molecule has 0 fully saturated rings. The fraction of sp³-hybridized carbons (Fsp3) is 0.0769. The van der Waals surface area contributed by atoms with E-state index in [1.165, 1.54) is 48.9 Å². The molecule has 5 aromatic rings. The Kier molecular flexibility index (Phi) is 3.61. The first-order valence-corrected chi connectivity index (χ1v) is 9.36. The van der Waals surface area contributed by atoms with Gasteiger partial charge in [-0.3, -0.25) is 0 Å². The number of hydrogen-bond acceptors (Lipinski definition) is 0. The highest BCUT2D eigenvalue weighted by atomic mass is 14.9. The molecular formula is C26H21N. The van der Waals surface area contributed by atoms with Crippen LogP contribution in [0.5, 0.6) is 0 Å². The molecule has 0 spiro atoms. The van der Waals surface area contributed by atoms with Gasteiger partial charge in [0, 0.05) is 28.9 Å². The Bertz CT molecular complexity index is 1390. The molecule has 0 aliphatic carbocycles. The number of rotatable bonds is 0. The zero-order chi connectivity index (χ0) is 18.4. The Morgan fingerprint density at radius 2 is 0.926 bits per heavy atom. The molecule has 1 heteroatoms. The van der Waals surface area contributed by atoms with Crippen LogP contribution >= 0.6 is 0 Å². The van der Waals surface area contributed by atoms with Gasteiger partial charge in [0.1, 0.15) is 0 Å². The van der Waals surface area contributed by atoms with Gasteiger partial charge in [0.25, 0.3) is 0 Å². The Labute approximate surface area is 158 Å². The maximum atomic E-state index is 2.32. The zero-order valence-corrected chi connectivity index (χ0v) is 15.6. The van der Waals surface area contributed by atoms with E-state index in [2.05, 4.69) is 110 Å². The molecule has 0 radical (unpaired) electrons. The number of aromatic nitrogens is 1. The van der Waals surface area contributed by atoms with Gasteiger partial charge < -0.3 is 4.57 Å². The second-order valence-electron chi connectivity index (χ2n) is 7.19. The highest BCUT2D eigenvalue weighted by molar-refractivity contribution is 6.19. The average Bonchev–Trinajstić information content (AvgIpc) is 2.76. The zero-order valence-electron chi connectivity index (χ0n) is 15.6. The summed E-state index contributed by atoms with van der Waals surface area (Å²) in [4.78, 5) is 0. The van der Waals surface area contributed by atoms with Gasteiger partial charge in [-0.2, -0.15) is 0 Å². The van der Waals surface area contributed by atoms with Crippen molar-refractivity contribution in [1.82, 2.24) is 4.57 Å². The topological polar surface area (TPSA) is 4.93 Å². The van der Waals surface area contributed by atoms with Gasteiger partial charge in [-0.05, 0) is 46.7 Å². The minimum Gasteiger partial charge on any atom is -0.344 e. The lowest BCUT2D eigenvalue weighted by Gasteiger charge is -2.08. The lowest BCUT2D eigenvalue weighted by Crippen LogP contribution is -1.92. The molecule has 0 aliphatic heterocycles. The number of fused-ring (bicyclic) bond motifs is 7. The van der Waals surface area contributed by atoms with Gasteiger partial charge in [0.15, 0.2) is 0 Å². The first kappa shape index (κ1) is 15.9. The first-order chi connectivity index (χ1) is 13.2. The molecule has 1 heterocycles. The molecule has 1 aromatic heterocycles. The predicted molar refractivity (Wildman–Crippen MR) is 118 cm³/mol. The van der Waals surface area contributed by atoms with Crippen LogP contribution in [0.25, 0.3) is 43.4 Å². The van der Waals surface area contributed by atoms with Gasteiger partial charge in [-0.1, -0.05) is 78.4 Å². The quantitative estimate of drug-likeness (QED) is 0.282. The molecule has 1 nitrogen and oxygen atoms in total. The molecule has 5 rings (SSSR count). The fourth-order valence-corrected chi connectivity index (χ4v) is 4.19. The highest BCUT2D eigenvalue weighted by Crippen LogP contribution is 2.32. The van der Waals surface area contributed by atoms with Gasteiger partial charge in [-0.25, -0.2) is 0 Å². The van der Waals surface area contributed by atoms with Crippen LogP contribution in [0, 0.1) is 6.92 Å². The SMILES string of the molecule is Cc1ccc2c(c1)c1ccccc1c1ccccc1c1ccccc1n2C. The third-order valence-electron chi connectivity index (χ3n) is 5.50. The molecule has 130 valence electrons. The number of hydrogen-bond donors (Lipinski definition) is 0. The van der Waals surface area contributed by atoms with Crippen molar-refractivity contribution in [2.24, 2.45) is 7.05 Å². The summed E-state index contributed by atoms with van der Waals surface area (Å²) in [6.45, 7) is 2.16. The monoisotopic (exact) mass is 347 g/mol. The summed E-state index contributed by atoms with van der Waals surface area (Å²) in [5.74, 6) is 0. The van der Waals surface area contributed by atoms with Crippen LogP contribution in [-0.4, -0.2) is 4.57 Å². The van der Waals surface area contributed by atoms with E-state index in [-0.39, 0.29) is 0 Å². The van der Waals surface area contributed by atoms with Crippen molar-refractivity contribution in [3.63, 3.8) is 0 Å². The molecule has 0 unspecified atom stereocenters. The molecule has 0 bridgehead atoms. The molecule has 27 heavy (non-hydrogen) atoms. The third-order valence-corrected chi connectivity index (χ3v) is 5.50. The molecule has 0 amide bonds. The van der Waals surface area contributed by atoms with Crippen molar-refractivity contribution in [2.75, 3.05) is 0 Å². The highest BCUT2D eigenvalue weighted by Gasteiger charge is 2.07. The van der Waals surface area contributed by atoms with Crippen LogP contribution in [0.4, 0.5) is 0 Å². The standard InChI is InChI=1S/C26H21N/c1-18-15-16-26-24(17-18)22-12-6-4-10-20(22)19-9-3-5-11-21(19)23-13-7-8-14-25(23)27(26)2/h3-17H,1-2H3. The van der Waals surface area contributed by atoms with Gasteiger partial charge in [-0.15, -0.1) is 0 Å². The van der Waals surface area contributed by atoms with E-state index in [4.69, 9.17) is 0 Å². The van der Waals surface area contributed by atoms with Crippen molar-refractivity contribution in [1.29, 1.82) is 0 Å². The third kappa shape index (κ3) is 2.47. The summed E-state index contributed by atoms with van der Waals surface area (Å²) in [5.41, 5.74) is 3.73.